The molecule has 3 nitrogen and oxygen atoms in total. The first-order valence-corrected chi connectivity index (χ1v) is 6.70. The number of fused-ring (bicyclic) bond motifs is 1. The largest absolute Gasteiger partial charge is 0.323 e. The Kier molecular flexibility index (Phi) is 2.68. The van der Waals surface area contributed by atoms with Gasteiger partial charge in [0.25, 0.3) is 0 Å². The van der Waals surface area contributed by atoms with Crippen molar-refractivity contribution in [2.45, 2.75) is 16.9 Å². The lowest BCUT2D eigenvalue weighted by Crippen LogP contribution is -2.19. The van der Waals surface area contributed by atoms with Crippen LogP contribution < -0.4 is 5.73 Å². The van der Waals surface area contributed by atoms with E-state index in [9.17, 15) is 0 Å². The van der Waals surface area contributed by atoms with Gasteiger partial charge in [0.1, 0.15) is 0 Å². The van der Waals surface area contributed by atoms with Crippen molar-refractivity contribution in [2.24, 2.45) is 12.8 Å². The summed E-state index contributed by atoms with van der Waals surface area (Å²) in [5.41, 5.74) is 8.87. The van der Waals surface area contributed by atoms with Crippen LogP contribution in [0.5, 0.6) is 0 Å². The minimum Gasteiger partial charge on any atom is -0.323 e. The summed E-state index contributed by atoms with van der Waals surface area (Å²) in [6.45, 7) is 0. The zero-order valence-corrected chi connectivity index (χ0v) is 10.5. The monoisotopic (exact) mass is 245 g/mol. The van der Waals surface area contributed by atoms with Gasteiger partial charge in [-0.05, 0) is 11.6 Å². The van der Waals surface area contributed by atoms with Crippen LogP contribution in [0.2, 0.25) is 0 Å². The fraction of sp³-hybridized carbons (Fsp3) is 0.308. The number of hydrogen-bond donors (Lipinski definition) is 1. The molecule has 0 aliphatic carbocycles. The van der Waals surface area contributed by atoms with Crippen molar-refractivity contribution in [1.29, 1.82) is 0 Å². The van der Waals surface area contributed by atoms with Crippen LogP contribution in [0.15, 0.2) is 41.6 Å². The lowest BCUT2D eigenvalue weighted by Gasteiger charge is -2.18. The molecule has 4 heteroatoms. The molecule has 0 bridgehead atoms. The summed E-state index contributed by atoms with van der Waals surface area (Å²) in [6, 6.07) is 8.59. The van der Waals surface area contributed by atoms with E-state index in [1.807, 2.05) is 35.9 Å². The summed E-state index contributed by atoms with van der Waals surface area (Å²) in [5, 5.41) is 4.19. The molecule has 0 spiro atoms. The van der Waals surface area contributed by atoms with Crippen molar-refractivity contribution < 1.29 is 0 Å². The van der Waals surface area contributed by atoms with E-state index in [2.05, 4.69) is 29.4 Å². The summed E-state index contributed by atoms with van der Waals surface area (Å²) in [7, 11) is 1.92. The van der Waals surface area contributed by atoms with E-state index in [1.54, 1.807) is 0 Å². The van der Waals surface area contributed by atoms with Crippen molar-refractivity contribution >= 4 is 11.8 Å². The molecule has 1 aromatic heterocycles. The number of rotatable bonds is 2. The van der Waals surface area contributed by atoms with Crippen molar-refractivity contribution in [3.05, 3.63) is 47.8 Å². The third-order valence-corrected chi connectivity index (χ3v) is 4.49. The number of thioether (sulfide) groups is 1. The van der Waals surface area contributed by atoms with Crippen LogP contribution in [0.3, 0.4) is 0 Å². The minimum absolute atomic E-state index is 0.0415. The SMILES string of the molecule is Cn1cc(C(N)C2CSc3ccccc32)cn1. The average molecular weight is 245 g/mol. The van der Waals surface area contributed by atoms with E-state index in [-0.39, 0.29) is 6.04 Å². The van der Waals surface area contributed by atoms with Gasteiger partial charge in [-0.15, -0.1) is 11.8 Å². The highest BCUT2D eigenvalue weighted by molar-refractivity contribution is 7.99. The van der Waals surface area contributed by atoms with Gasteiger partial charge in [0.05, 0.1) is 6.20 Å². The Hall–Kier alpha value is -1.26. The van der Waals surface area contributed by atoms with Gasteiger partial charge >= 0.3 is 0 Å². The van der Waals surface area contributed by atoms with Gasteiger partial charge < -0.3 is 5.73 Å². The van der Waals surface area contributed by atoms with Crippen LogP contribution in [0.25, 0.3) is 0 Å². The first kappa shape index (κ1) is 10.9. The molecule has 2 N–H and O–H groups in total. The Morgan fingerprint density at radius 1 is 1.47 bits per heavy atom. The van der Waals surface area contributed by atoms with Gasteiger partial charge in [-0.3, -0.25) is 4.68 Å². The normalized spacial score (nSPS) is 20.2. The van der Waals surface area contributed by atoms with Crippen molar-refractivity contribution in [3.8, 4) is 0 Å². The molecule has 3 rings (SSSR count). The van der Waals surface area contributed by atoms with Crippen LogP contribution in [-0.2, 0) is 7.05 Å². The number of nitrogens with two attached hydrogens (primary N) is 1. The molecule has 0 amide bonds. The maximum Gasteiger partial charge on any atom is 0.0537 e. The van der Waals surface area contributed by atoms with Gasteiger partial charge in [0.15, 0.2) is 0 Å². The third kappa shape index (κ3) is 1.87. The molecule has 0 saturated carbocycles. The van der Waals surface area contributed by atoms with E-state index >= 15 is 0 Å². The van der Waals surface area contributed by atoms with Gasteiger partial charge in [-0.25, -0.2) is 0 Å². The lowest BCUT2D eigenvalue weighted by atomic mass is 9.91. The van der Waals surface area contributed by atoms with Crippen molar-refractivity contribution in [2.75, 3.05) is 5.75 Å². The zero-order valence-electron chi connectivity index (χ0n) is 9.71. The predicted octanol–water partition coefficient (Wildman–Crippen LogP) is 2.31. The summed E-state index contributed by atoms with van der Waals surface area (Å²) < 4.78 is 1.81. The smallest absolute Gasteiger partial charge is 0.0537 e. The molecular formula is C13H15N3S. The Balaban J connectivity index is 1.92. The maximum atomic E-state index is 6.36. The number of aryl methyl sites for hydroxylation is 1. The Labute approximate surface area is 105 Å². The van der Waals surface area contributed by atoms with Crippen LogP contribution in [0.1, 0.15) is 23.1 Å². The first-order valence-electron chi connectivity index (χ1n) is 5.71. The molecule has 2 heterocycles. The Bertz CT molecular complexity index is 535. The summed E-state index contributed by atoms with van der Waals surface area (Å²) in [4.78, 5) is 1.37. The number of aromatic nitrogens is 2. The predicted molar refractivity (Wildman–Crippen MR) is 70.0 cm³/mol. The molecule has 1 aliphatic rings. The maximum absolute atomic E-state index is 6.36. The molecular weight excluding hydrogens is 230 g/mol. The Morgan fingerprint density at radius 3 is 3.06 bits per heavy atom. The van der Waals surface area contributed by atoms with E-state index < -0.39 is 0 Å². The second-order valence-electron chi connectivity index (χ2n) is 4.43. The van der Waals surface area contributed by atoms with E-state index in [0.29, 0.717) is 5.92 Å². The highest BCUT2D eigenvalue weighted by atomic mass is 32.2. The summed E-state index contributed by atoms with van der Waals surface area (Å²) in [5.74, 6) is 1.47. The van der Waals surface area contributed by atoms with E-state index in [1.165, 1.54) is 10.5 Å². The van der Waals surface area contributed by atoms with E-state index in [0.717, 1.165) is 11.3 Å². The number of benzene rings is 1. The highest BCUT2D eigenvalue weighted by Gasteiger charge is 2.29. The fourth-order valence-electron chi connectivity index (χ4n) is 2.33. The van der Waals surface area contributed by atoms with Gasteiger partial charge in [0.2, 0.25) is 0 Å². The van der Waals surface area contributed by atoms with Crippen LogP contribution in [0, 0.1) is 0 Å². The van der Waals surface area contributed by atoms with Gasteiger partial charge in [-0.2, -0.15) is 5.10 Å². The van der Waals surface area contributed by atoms with Crippen molar-refractivity contribution in [1.82, 2.24) is 9.78 Å². The second-order valence-corrected chi connectivity index (χ2v) is 5.49. The summed E-state index contributed by atoms with van der Waals surface area (Å²) >= 11 is 1.90. The molecule has 2 aromatic rings. The highest BCUT2D eigenvalue weighted by Crippen LogP contribution is 2.44. The molecule has 1 aliphatic heterocycles. The first-order chi connectivity index (χ1) is 8.25. The zero-order chi connectivity index (χ0) is 11.8. The molecule has 88 valence electrons. The van der Waals surface area contributed by atoms with E-state index in [4.69, 9.17) is 5.73 Å². The minimum atomic E-state index is 0.0415. The standard InChI is InChI=1S/C13H15N3S/c1-16-7-9(6-15-16)13(14)11-8-17-12-5-3-2-4-10(11)12/h2-7,11,13H,8,14H2,1H3. The van der Waals surface area contributed by atoms with Gasteiger partial charge in [-0.1, -0.05) is 18.2 Å². The molecule has 0 fully saturated rings. The van der Waals surface area contributed by atoms with Gasteiger partial charge in [0, 0.05) is 41.4 Å². The quantitative estimate of drug-likeness (QED) is 0.883. The molecule has 0 radical (unpaired) electrons. The average Bonchev–Trinajstić information content (AvgIpc) is 2.94. The number of hydrogen-bond acceptors (Lipinski definition) is 3. The molecule has 2 unspecified atom stereocenters. The molecule has 1 aromatic carbocycles. The molecule has 17 heavy (non-hydrogen) atoms. The topological polar surface area (TPSA) is 43.8 Å². The number of nitrogens with zero attached hydrogens (tertiary/aromatic N) is 2. The van der Waals surface area contributed by atoms with Crippen molar-refractivity contribution in [3.63, 3.8) is 0 Å². The Morgan fingerprint density at radius 2 is 2.29 bits per heavy atom. The fourth-order valence-corrected chi connectivity index (χ4v) is 3.64. The van der Waals surface area contributed by atoms with Crippen LogP contribution in [-0.4, -0.2) is 15.5 Å². The van der Waals surface area contributed by atoms with Crippen LogP contribution in [0.4, 0.5) is 0 Å². The lowest BCUT2D eigenvalue weighted by molar-refractivity contribution is 0.606. The second kappa shape index (κ2) is 4.20. The molecule has 0 saturated heterocycles. The third-order valence-electron chi connectivity index (χ3n) is 3.28. The summed E-state index contributed by atoms with van der Waals surface area (Å²) in [6.07, 6.45) is 3.88. The van der Waals surface area contributed by atoms with Crippen LogP contribution >= 0.6 is 11.8 Å². The molecule has 2 atom stereocenters.